The minimum Gasteiger partial charge on any atom is -0.378 e. The number of nitrogens with zero attached hydrogens (tertiary/aromatic N) is 4. The molecule has 4 heterocycles. The number of hydrogen-bond acceptors (Lipinski definition) is 4. The summed E-state index contributed by atoms with van der Waals surface area (Å²) in [7, 11) is 2.04. The van der Waals surface area contributed by atoms with E-state index in [2.05, 4.69) is 33.1 Å². The molecule has 0 spiro atoms. The van der Waals surface area contributed by atoms with E-state index in [1.54, 1.807) is 6.20 Å². The fourth-order valence-corrected chi connectivity index (χ4v) is 5.20. The van der Waals surface area contributed by atoms with Gasteiger partial charge in [-0.25, -0.2) is 0 Å². The minimum absolute atomic E-state index is 0.0317. The molecule has 5 rings (SSSR count). The van der Waals surface area contributed by atoms with Crippen LogP contribution in [-0.4, -0.2) is 69.2 Å². The number of benzene rings is 1. The topological polar surface area (TPSA) is 83.5 Å². The summed E-state index contributed by atoms with van der Waals surface area (Å²) in [5, 5.41) is 8.45. The summed E-state index contributed by atoms with van der Waals surface area (Å²) in [6.45, 7) is 3.00. The number of likely N-dealkylation sites (tertiary alicyclic amines) is 1. The van der Waals surface area contributed by atoms with E-state index in [1.807, 2.05) is 29.0 Å². The highest BCUT2D eigenvalue weighted by atomic mass is 16.5. The van der Waals surface area contributed by atoms with Crippen molar-refractivity contribution >= 4 is 22.7 Å². The van der Waals surface area contributed by atoms with Crippen molar-refractivity contribution in [2.75, 3.05) is 32.8 Å². The van der Waals surface area contributed by atoms with E-state index >= 15 is 0 Å². The largest absolute Gasteiger partial charge is 0.378 e. The van der Waals surface area contributed by atoms with Gasteiger partial charge in [-0.1, -0.05) is 18.2 Å². The summed E-state index contributed by atoms with van der Waals surface area (Å²) in [5.41, 5.74) is 3.72. The molecule has 2 aliphatic rings. The maximum Gasteiger partial charge on any atom is 0.257 e. The number of carbonyl (C=O) groups is 2. The predicted octanol–water partition coefficient (Wildman–Crippen LogP) is 3.06. The molecule has 2 saturated heterocycles. The Hall–Kier alpha value is -3.13. The Kier molecular flexibility index (Phi) is 6.17. The average Bonchev–Trinajstić information content (AvgIpc) is 3.48. The van der Waals surface area contributed by atoms with E-state index in [9.17, 15) is 9.59 Å². The van der Waals surface area contributed by atoms with E-state index in [4.69, 9.17) is 4.74 Å². The molecule has 0 saturated carbocycles. The van der Waals surface area contributed by atoms with Crippen LogP contribution in [0.5, 0.6) is 0 Å². The molecular formula is C25H31N5O3. The second-order valence-electron chi connectivity index (χ2n) is 8.98. The zero-order chi connectivity index (χ0) is 22.8. The van der Waals surface area contributed by atoms with Gasteiger partial charge in [0.05, 0.1) is 36.7 Å². The lowest BCUT2D eigenvalue weighted by Gasteiger charge is -2.36. The van der Waals surface area contributed by atoms with Crippen molar-refractivity contribution in [3.05, 3.63) is 53.5 Å². The molecule has 1 N–H and O–H groups in total. The van der Waals surface area contributed by atoms with Gasteiger partial charge >= 0.3 is 0 Å². The molecule has 174 valence electrons. The summed E-state index contributed by atoms with van der Waals surface area (Å²) in [6.07, 6.45) is 7.74. The Morgan fingerprint density at radius 2 is 1.97 bits per heavy atom. The number of rotatable bonds is 5. The van der Waals surface area contributed by atoms with Gasteiger partial charge in [0, 0.05) is 50.2 Å². The van der Waals surface area contributed by atoms with Crippen LogP contribution in [0.15, 0.2) is 36.7 Å². The molecule has 33 heavy (non-hydrogen) atoms. The Balaban J connectivity index is 1.32. The third kappa shape index (κ3) is 4.27. The molecular weight excluding hydrogens is 418 g/mol. The van der Waals surface area contributed by atoms with Crippen LogP contribution < -0.4 is 0 Å². The monoisotopic (exact) mass is 449 g/mol. The standard InChI is InChI=1S/C25H31N5O3/c1-28-17-18(19-6-2-3-7-21(19)28)9-10-23(31)30-11-5-4-8-22(30)24-20(16-26-27-24)25(32)29-12-14-33-15-13-29/h2-3,6-7,16-17,22H,4-5,8-15H2,1H3,(H,26,27)/t22-/m1/s1. The highest BCUT2D eigenvalue weighted by Gasteiger charge is 2.33. The van der Waals surface area contributed by atoms with Crippen LogP contribution in [0.4, 0.5) is 0 Å². The highest BCUT2D eigenvalue weighted by molar-refractivity contribution is 5.95. The van der Waals surface area contributed by atoms with Crippen LogP contribution in [0.2, 0.25) is 0 Å². The van der Waals surface area contributed by atoms with Gasteiger partial charge < -0.3 is 19.1 Å². The second kappa shape index (κ2) is 9.39. The number of amides is 2. The van der Waals surface area contributed by atoms with Crippen molar-refractivity contribution in [1.29, 1.82) is 0 Å². The van der Waals surface area contributed by atoms with E-state index < -0.39 is 0 Å². The number of aryl methyl sites for hydroxylation is 2. The lowest BCUT2D eigenvalue weighted by Crippen LogP contribution is -2.42. The zero-order valence-electron chi connectivity index (χ0n) is 19.1. The first-order chi connectivity index (χ1) is 16.1. The molecule has 1 atom stereocenters. The quantitative estimate of drug-likeness (QED) is 0.649. The number of aromatic nitrogens is 3. The average molecular weight is 450 g/mol. The van der Waals surface area contributed by atoms with Crippen LogP contribution in [-0.2, 0) is 23.0 Å². The van der Waals surface area contributed by atoms with Crippen LogP contribution in [0, 0.1) is 0 Å². The number of carbonyl (C=O) groups excluding carboxylic acids is 2. The summed E-state index contributed by atoms with van der Waals surface area (Å²) >= 11 is 0. The maximum absolute atomic E-state index is 13.4. The Labute approximate surface area is 193 Å². The van der Waals surface area contributed by atoms with Gasteiger partial charge in [0.1, 0.15) is 0 Å². The number of ether oxygens (including phenoxy) is 1. The molecule has 8 nitrogen and oxygen atoms in total. The number of morpholine rings is 1. The maximum atomic E-state index is 13.4. The van der Waals surface area contributed by atoms with Crippen molar-refractivity contribution in [2.24, 2.45) is 7.05 Å². The van der Waals surface area contributed by atoms with Crippen LogP contribution in [0.3, 0.4) is 0 Å². The number of para-hydroxylation sites is 1. The number of nitrogens with one attached hydrogen (secondary N) is 1. The van der Waals surface area contributed by atoms with E-state index in [1.165, 1.54) is 16.5 Å². The van der Waals surface area contributed by atoms with Gasteiger partial charge in [-0.2, -0.15) is 5.10 Å². The van der Waals surface area contributed by atoms with E-state index in [0.717, 1.165) is 25.0 Å². The van der Waals surface area contributed by atoms with Gasteiger partial charge in [-0.05, 0) is 37.3 Å². The summed E-state index contributed by atoms with van der Waals surface area (Å²) < 4.78 is 7.50. The number of fused-ring (bicyclic) bond motifs is 1. The van der Waals surface area contributed by atoms with Crippen molar-refractivity contribution in [3.63, 3.8) is 0 Å². The number of H-pyrrole nitrogens is 1. The Morgan fingerprint density at radius 1 is 1.15 bits per heavy atom. The van der Waals surface area contributed by atoms with E-state index in [-0.39, 0.29) is 17.9 Å². The zero-order valence-corrected chi connectivity index (χ0v) is 19.1. The van der Waals surface area contributed by atoms with Crippen molar-refractivity contribution in [2.45, 2.75) is 38.1 Å². The lowest BCUT2D eigenvalue weighted by atomic mass is 9.95. The van der Waals surface area contributed by atoms with Gasteiger partial charge in [0.15, 0.2) is 0 Å². The van der Waals surface area contributed by atoms with Crippen LogP contribution in [0.25, 0.3) is 10.9 Å². The summed E-state index contributed by atoms with van der Waals surface area (Å²) in [5.74, 6) is 0.0998. The third-order valence-electron chi connectivity index (χ3n) is 6.94. The number of aromatic amines is 1. The molecule has 2 aliphatic heterocycles. The molecule has 0 aliphatic carbocycles. The molecule has 1 aromatic carbocycles. The SMILES string of the molecule is Cn1cc(CCC(=O)N2CCCC[C@@H]2c2[nH]ncc2C(=O)N2CCOCC2)c2ccccc21. The van der Waals surface area contributed by atoms with Gasteiger partial charge in [0.2, 0.25) is 5.91 Å². The lowest BCUT2D eigenvalue weighted by molar-refractivity contribution is -0.135. The van der Waals surface area contributed by atoms with Gasteiger partial charge in [0.25, 0.3) is 5.91 Å². The van der Waals surface area contributed by atoms with Gasteiger partial charge in [-0.3, -0.25) is 14.7 Å². The first kappa shape index (κ1) is 21.7. The minimum atomic E-state index is -0.138. The molecule has 0 unspecified atom stereocenters. The normalized spacial score (nSPS) is 19.2. The predicted molar refractivity (Wildman–Crippen MR) is 125 cm³/mol. The van der Waals surface area contributed by atoms with Gasteiger partial charge in [-0.15, -0.1) is 0 Å². The van der Waals surface area contributed by atoms with Crippen molar-refractivity contribution in [1.82, 2.24) is 24.6 Å². The van der Waals surface area contributed by atoms with Crippen molar-refractivity contribution in [3.8, 4) is 0 Å². The molecule has 8 heteroatoms. The molecule has 0 radical (unpaired) electrons. The Morgan fingerprint density at radius 3 is 2.82 bits per heavy atom. The van der Waals surface area contributed by atoms with E-state index in [0.29, 0.717) is 51.3 Å². The molecule has 2 fully saturated rings. The van der Waals surface area contributed by atoms with Crippen molar-refractivity contribution < 1.29 is 14.3 Å². The molecule has 2 amide bonds. The highest BCUT2D eigenvalue weighted by Crippen LogP contribution is 2.33. The number of piperidine rings is 1. The fourth-order valence-electron chi connectivity index (χ4n) is 5.20. The fraction of sp³-hybridized carbons (Fsp3) is 0.480. The molecule has 3 aromatic rings. The first-order valence-electron chi connectivity index (χ1n) is 11.9. The molecule has 2 aromatic heterocycles. The van der Waals surface area contributed by atoms with Crippen LogP contribution in [0.1, 0.15) is 53.3 Å². The third-order valence-corrected chi connectivity index (χ3v) is 6.94. The van der Waals surface area contributed by atoms with Crippen LogP contribution >= 0.6 is 0 Å². The summed E-state index contributed by atoms with van der Waals surface area (Å²) in [4.78, 5) is 30.3. The first-order valence-corrected chi connectivity index (χ1v) is 11.9. The number of hydrogen-bond donors (Lipinski definition) is 1. The summed E-state index contributed by atoms with van der Waals surface area (Å²) in [6, 6.07) is 8.16. The Bertz CT molecular complexity index is 1140. The molecule has 0 bridgehead atoms. The smallest absolute Gasteiger partial charge is 0.257 e. The second-order valence-corrected chi connectivity index (χ2v) is 8.98.